The fourth-order valence-corrected chi connectivity index (χ4v) is 1.88. The van der Waals surface area contributed by atoms with Crippen LogP contribution in [0.3, 0.4) is 0 Å². The molecule has 0 aliphatic carbocycles. The first kappa shape index (κ1) is 11.3. The van der Waals surface area contributed by atoms with Gasteiger partial charge >= 0.3 is 0 Å². The maximum atomic E-state index is 12.6. The summed E-state index contributed by atoms with van der Waals surface area (Å²) in [5.41, 5.74) is 2.19. The molecule has 0 amide bonds. The van der Waals surface area contributed by atoms with E-state index in [0.29, 0.717) is 15.9 Å². The minimum atomic E-state index is -2.60. The van der Waals surface area contributed by atoms with Gasteiger partial charge in [0.2, 0.25) is 0 Å². The van der Waals surface area contributed by atoms with Crippen LogP contribution in [0.4, 0.5) is 8.78 Å². The number of aryl methyl sites for hydroxylation is 2. The topological polar surface area (TPSA) is 12.9 Å². The van der Waals surface area contributed by atoms with Gasteiger partial charge in [0.05, 0.1) is 10.5 Å². The van der Waals surface area contributed by atoms with Gasteiger partial charge in [-0.05, 0) is 31.0 Å². The largest absolute Gasteiger partial charge is 0.280 e. The van der Waals surface area contributed by atoms with Gasteiger partial charge in [-0.25, -0.2) is 13.8 Å². The summed E-state index contributed by atoms with van der Waals surface area (Å²) in [6, 6.07) is 4.94. The van der Waals surface area contributed by atoms with Gasteiger partial charge in [0.1, 0.15) is 5.69 Å². The Bertz CT molecular complexity index is 552. The van der Waals surface area contributed by atoms with E-state index in [1.165, 1.54) is 6.07 Å². The zero-order valence-corrected chi connectivity index (χ0v) is 9.65. The highest BCUT2D eigenvalue weighted by molar-refractivity contribution is 6.35. The average Bonchev–Trinajstić information content (AvgIpc) is 2.23. The van der Waals surface area contributed by atoms with Crippen molar-refractivity contribution in [2.75, 3.05) is 0 Å². The Hall–Kier alpha value is -1.22. The molecule has 0 aliphatic heterocycles. The van der Waals surface area contributed by atoms with Crippen molar-refractivity contribution in [2.24, 2.45) is 0 Å². The summed E-state index contributed by atoms with van der Waals surface area (Å²) in [5.74, 6) is 0. The summed E-state index contributed by atoms with van der Waals surface area (Å²) in [6.07, 6.45) is -2.60. The van der Waals surface area contributed by atoms with E-state index in [-0.39, 0.29) is 5.69 Å². The van der Waals surface area contributed by atoms with Crippen LogP contribution in [0.15, 0.2) is 18.2 Å². The van der Waals surface area contributed by atoms with Crippen LogP contribution in [0, 0.1) is 13.8 Å². The second-order valence-corrected chi connectivity index (χ2v) is 4.14. The van der Waals surface area contributed by atoms with Gasteiger partial charge in [0.15, 0.2) is 0 Å². The Morgan fingerprint density at radius 3 is 2.56 bits per heavy atom. The van der Waals surface area contributed by atoms with Crippen molar-refractivity contribution in [1.82, 2.24) is 4.98 Å². The smallest absolute Gasteiger partial charge is 0.246 e. The van der Waals surface area contributed by atoms with Crippen LogP contribution in [0.1, 0.15) is 23.2 Å². The third-order valence-corrected chi connectivity index (χ3v) is 3.01. The van der Waals surface area contributed by atoms with Crippen molar-refractivity contribution in [1.29, 1.82) is 0 Å². The average molecular weight is 242 g/mol. The second kappa shape index (κ2) is 3.98. The predicted octanol–water partition coefficient (Wildman–Crippen LogP) is 4.44. The minimum absolute atomic E-state index is 0.272. The van der Waals surface area contributed by atoms with Crippen LogP contribution in [-0.2, 0) is 0 Å². The summed E-state index contributed by atoms with van der Waals surface area (Å²) in [5, 5.41) is 1.04. The van der Waals surface area contributed by atoms with E-state index in [4.69, 9.17) is 11.6 Å². The molecule has 2 aromatic rings. The molecule has 0 spiro atoms. The molecule has 0 N–H and O–H groups in total. The Kier molecular flexibility index (Phi) is 2.80. The maximum absolute atomic E-state index is 12.6. The van der Waals surface area contributed by atoms with E-state index in [1.807, 2.05) is 26.0 Å². The molecule has 0 radical (unpaired) electrons. The summed E-state index contributed by atoms with van der Waals surface area (Å²) >= 11 is 5.96. The van der Waals surface area contributed by atoms with Gasteiger partial charge in [-0.2, -0.15) is 0 Å². The maximum Gasteiger partial charge on any atom is 0.280 e. The summed E-state index contributed by atoms with van der Waals surface area (Å²) in [6.45, 7) is 3.77. The minimum Gasteiger partial charge on any atom is -0.246 e. The zero-order valence-electron chi connectivity index (χ0n) is 8.89. The Morgan fingerprint density at radius 1 is 1.25 bits per heavy atom. The number of aromatic nitrogens is 1. The van der Waals surface area contributed by atoms with E-state index in [2.05, 4.69) is 4.98 Å². The summed E-state index contributed by atoms with van der Waals surface area (Å²) < 4.78 is 25.2. The molecule has 2 rings (SSSR count). The number of pyridine rings is 1. The Labute approximate surface area is 97.1 Å². The van der Waals surface area contributed by atoms with Crippen molar-refractivity contribution >= 4 is 22.5 Å². The van der Waals surface area contributed by atoms with Crippen LogP contribution >= 0.6 is 11.6 Å². The molecule has 16 heavy (non-hydrogen) atoms. The standard InChI is InChI=1S/C12H10ClF2N/c1-6-3-4-8-9(13)5-10(12(14)15)16-11(8)7(6)2/h3-5,12H,1-2H3. The number of alkyl halides is 2. The number of fused-ring (bicyclic) bond motifs is 1. The SMILES string of the molecule is Cc1ccc2c(Cl)cc(C(F)F)nc2c1C. The molecule has 0 fully saturated rings. The van der Waals surface area contributed by atoms with Crippen molar-refractivity contribution in [3.8, 4) is 0 Å². The van der Waals surface area contributed by atoms with Gasteiger partial charge in [0.25, 0.3) is 6.43 Å². The van der Waals surface area contributed by atoms with Gasteiger partial charge in [-0.3, -0.25) is 0 Å². The third-order valence-electron chi connectivity index (χ3n) is 2.70. The highest BCUT2D eigenvalue weighted by Gasteiger charge is 2.13. The number of nitrogens with zero attached hydrogens (tertiary/aromatic N) is 1. The first-order valence-corrected chi connectivity index (χ1v) is 5.23. The van der Waals surface area contributed by atoms with Crippen LogP contribution in [0.5, 0.6) is 0 Å². The Balaban J connectivity index is 2.83. The lowest BCUT2D eigenvalue weighted by Gasteiger charge is -2.08. The van der Waals surface area contributed by atoms with E-state index in [1.54, 1.807) is 0 Å². The highest BCUT2D eigenvalue weighted by atomic mass is 35.5. The number of hydrogen-bond acceptors (Lipinski definition) is 1. The van der Waals surface area contributed by atoms with Crippen molar-refractivity contribution in [3.05, 3.63) is 40.0 Å². The first-order chi connectivity index (χ1) is 7.50. The fraction of sp³-hybridized carbons (Fsp3) is 0.250. The molecule has 0 atom stereocenters. The van der Waals surface area contributed by atoms with Crippen molar-refractivity contribution < 1.29 is 8.78 Å². The van der Waals surface area contributed by atoms with Crippen LogP contribution in [0.2, 0.25) is 5.02 Å². The molecular weight excluding hydrogens is 232 g/mol. The molecule has 0 saturated carbocycles. The van der Waals surface area contributed by atoms with E-state index >= 15 is 0 Å². The number of halogens is 3. The number of rotatable bonds is 1. The van der Waals surface area contributed by atoms with Crippen LogP contribution < -0.4 is 0 Å². The molecule has 4 heteroatoms. The molecule has 0 unspecified atom stereocenters. The van der Waals surface area contributed by atoms with Crippen LogP contribution in [-0.4, -0.2) is 4.98 Å². The van der Waals surface area contributed by atoms with Gasteiger partial charge < -0.3 is 0 Å². The lowest BCUT2D eigenvalue weighted by Crippen LogP contribution is -1.94. The summed E-state index contributed by atoms with van der Waals surface area (Å²) in [4.78, 5) is 3.96. The molecule has 84 valence electrons. The van der Waals surface area contributed by atoms with E-state index in [9.17, 15) is 8.78 Å². The third kappa shape index (κ3) is 1.76. The number of hydrogen-bond donors (Lipinski definition) is 0. The highest BCUT2D eigenvalue weighted by Crippen LogP contribution is 2.30. The monoisotopic (exact) mass is 241 g/mol. The van der Waals surface area contributed by atoms with E-state index in [0.717, 1.165) is 11.1 Å². The summed E-state index contributed by atoms with van der Waals surface area (Å²) in [7, 11) is 0. The van der Waals surface area contributed by atoms with Gasteiger partial charge in [-0.15, -0.1) is 0 Å². The molecule has 0 aliphatic rings. The number of benzene rings is 1. The fourth-order valence-electron chi connectivity index (χ4n) is 1.62. The molecule has 1 nitrogen and oxygen atoms in total. The molecule has 1 aromatic heterocycles. The van der Waals surface area contributed by atoms with Crippen molar-refractivity contribution in [2.45, 2.75) is 20.3 Å². The Morgan fingerprint density at radius 2 is 1.94 bits per heavy atom. The van der Waals surface area contributed by atoms with Crippen molar-refractivity contribution in [3.63, 3.8) is 0 Å². The van der Waals surface area contributed by atoms with Gasteiger partial charge in [-0.1, -0.05) is 23.7 Å². The molecule has 0 bridgehead atoms. The lowest BCUT2D eigenvalue weighted by atomic mass is 10.1. The predicted molar refractivity (Wildman–Crippen MR) is 61.2 cm³/mol. The van der Waals surface area contributed by atoms with Gasteiger partial charge in [0, 0.05) is 5.39 Å². The molecule has 1 aromatic carbocycles. The first-order valence-electron chi connectivity index (χ1n) is 4.85. The normalized spacial score (nSPS) is 11.4. The zero-order chi connectivity index (χ0) is 11.9. The van der Waals surface area contributed by atoms with E-state index < -0.39 is 6.43 Å². The molecule has 0 saturated heterocycles. The second-order valence-electron chi connectivity index (χ2n) is 3.73. The van der Waals surface area contributed by atoms with Crippen LogP contribution in [0.25, 0.3) is 10.9 Å². The molecule has 1 heterocycles. The lowest BCUT2D eigenvalue weighted by molar-refractivity contribution is 0.146. The molecular formula is C12H10ClF2N. The quantitative estimate of drug-likeness (QED) is 0.719.